The first-order valence-corrected chi connectivity index (χ1v) is 11.5. The summed E-state index contributed by atoms with van der Waals surface area (Å²) in [7, 11) is 0. The Bertz CT molecular complexity index is 1050. The van der Waals surface area contributed by atoms with Gasteiger partial charge in [-0.1, -0.05) is 36.8 Å². The van der Waals surface area contributed by atoms with Gasteiger partial charge in [0.1, 0.15) is 12.4 Å². The van der Waals surface area contributed by atoms with Gasteiger partial charge >= 0.3 is 0 Å². The molecular formula is C26H32FN3O2. The minimum Gasteiger partial charge on any atom is -0.368 e. The third-order valence-electron chi connectivity index (χ3n) is 6.37. The number of nitrogens with one attached hydrogen (secondary N) is 1. The van der Waals surface area contributed by atoms with E-state index in [4.69, 9.17) is 10.5 Å². The minimum absolute atomic E-state index is 0.120. The summed E-state index contributed by atoms with van der Waals surface area (Å²) >= 11 is 0. The van der Waals surface area contributed by atoms with Gasteiger partial charge in [-0.3, -0.25) is 9.69 Å². The summed E-state index contributed by atoms with van der Waals surface area (Å²) in [6, 6.07) is 13.5. The second-order valence-corrected chi connectivity index (χ2v) is 8.88. The smallest absolute Gasteiger partial charge is 0.243 e. The van der Waals surface area contributed by atoms with Crippen LogP contribution in [0.5, 0.6) is 0 Å². The molecule has 3 aromatic rings. The lowest BCUT2D eigenvalue weighted by Crippen LogP contribution is -2.20. The number of aromatic nitrogens is 1. The highest BCUT2D eigenvalue weighted by molar-refractivity contribution is 5.82. The molecule has 1 aliphatic rings. The van der Waals surface area contributed by atoms with Gasteiger partial charge in [-0.15, -0.1) is 0 Å². The van der Waals surface area contributed by atoms with Gasteiger partial charge in [-0.25, -0.2) is 4.39 Å². The number of nitrogens with two attached hydrogens (primary N) is 1. The van der Waals surface area contributed by atoms with Crippen LogP contribution in [0, 0.1) is 11.7 Å². The number of rotatable bonds is 11. The number of likely N-dealkylation sites (tertiary alicyclic amines) is 1. The lowest BCUT2D eigenvalue weighted by Gasteiger charge is -2.15. The summed E-state index contributed by atoms with van der Waals surface area (Å²) in [6.45, 7) is 3.43. The zero-order chi connectivity index (χ0) is 22.3. The van der Waals surface area contributed by atoms with Crippen molar-refractivity contribution in [1.82, 2.24) is 9.88 Å². The number of para-hydroxylation sites is 1. The second-order valence-electron chi connectivity index (χ2n) is 8.88. The summed E-state index contributed by atoms with van der Waals surface area (Å²) in [5, 5.41) is 1.32. The maximum absolute atomic E-state index is 14.2. The Hall–Kier alpha value is -2.70. The molecule has 1 aromatic heterocycles. The highest BCUT2D eigenvalue weighted by Crippen LogP contribution is 2.26. The Morgan fingerprint density at radius 1 is 1.19 bits per heavy atom. The normalized spacial score (nSPS) is 16.7. The third-order valence-corrected chi connectivity index (χ3v) is 6.37. The van der Waals surface area contributed by atoms with E-state index >= 15 is 0 Å². The number of ether oxygens (including phenoxy) is 1. The van der Waals surface area contributed by atoms with Crippen molar-refractivity contribution in [3.05, 3.63) is 71.2 Å². The number of carbonyl (C=O) groups excluding carboxylic acids is 1. The van der Waals surface area contributed by atoms with E-state index < -0.39 is 5.91 Å². The molecule has 1 amide bonds. The lowest BCUT2D eigenvalue weighted by molar-refractivity contribution is -0.122. The molecule has 170 valence electrons. The lowest BCUT2D eigenvalue weighted by atomic mass is 9.98. The summed E-state index contributed by atoms with van der Waals surface area (Å²) in [5.41, 5.74) is 9.24. The van der Waals surface area contributed by atoms with E-state index in [0.29, 0.717) is 0 Å². The molecule has 0 aliphatic carbocycles. The van der Waals surface area contributed by atoms with Crippen LogP contribution in [0.3, 0.4) is 0 Å². The summed E-state index contributed by atoms with van der Waals surface area (Å²) < 4.78 is 19.4. The Morgan fingerprint density at radius 2 is 2.06 bits per heavy atom. The van der Waals surface area contributed by atoms with Crippen LogP contribution in [0.25, 0.3) is 10.9 Å². The van der Waals surface area contributed by atoms with Gasteiger partial charge < -0.3 is 15.5 Å². The van der Waals surface area contributed by atoms with E-state index in [-0.39, 0.29) is 19.0 Å². The molecule has 32 heavy (non-hydrogen) atoms. The Kier molecular flexibility index (Phi) is 7.55. The summed E-state index contributed by atoms with van der Waals surface area (Å²) in [4.78, 5) is 16.7. The van der Waals surface area contributed by atoms with Crippen molar-refractivity contribution in [2.45, 2.75) is 45.3 Å². The molecule has 3 N–H and O–H groups in total. The predicted octanol–water partition coefficient (Wildman–Crippen LogP) is 4.54. The number of aromatic amines is 1. The molecule has 0 radical (unpaired) electrons. The van der Waals surface area contributed by atoms with Crippen LogP contribution in [0.15, 0.2) is 48.7 Å². The molecule has 1 aliphatic heterocycles. The van der Waals surface area contributed by atoms with Crippen LogP contribution in [0.4, 0.5) is 4.39 Å². The average molecular weight is 438 g/mol. The van der Waals surface area contributed by atoms with Crippen molar-refractivity contribution >= 4 is 16.8 Å². The Labute approximate surface area is 188 Å². The Balaban J connectivity index is 1.19. The number of halogens is 1. The van der Waals surface area contributed by atoms with Crippen molar-refractivity contribution in [3.63, 3.8) is 0 Å². The molecule has 0 saturated carbocycles. The third kappa shape index (κ3) is 5.96. The largest absolute Gasteiger partial charge is 0.368 e. The van der Waals surface area contributed by atoms with E-state index in [9.17, 15) is 9.18 Å². The van der Waals surface area contributed by atoms with E-state index in [2.05, 4.69) is 40.3 Å². The summed E-state index contributed by atoms with van der Waals surface area (Å²) in [6.07, 6.45) is 7.37. The SMILES string of the molecule is NC(=O)COCc1ccc(F)c(CCCCC2CCN(Cc3c[nH]c4ccccc34)C2)c1. The molecule has 0 bridgehead atoms. The number of H-pyrrole nitrogens is 1. The molecule has 1 unspecified atom stereocenters. The number of unbranched alkanes of at least 4 members (excludes halogenated alkanes) is 1. The van der Waals surface area contributed by atoms with Gasteiger partial charge in [0.05, 0.1) is 6.61 Å². The fourth-order valence-corrected chi connectivity index (χ4v) is 4.72. The fraction of sp³-hybridized carbons (Fsp3) is 0.423. The van der Waals surface area contributed by atoms with Gasteiger partial charge in [0.2, 0.25) is 5.91 Å². The van der Waals surface area contributed by atoms with E-state index in [1.807, 2.05) is 6.07 Å². The number of carbonyl (C=O) groups is 1. The minimum atomic E-state index is -0.501. The van der Waals surface area contributed by atoms with Crippen LogP contribution in [0.2, 0.25) is 0 Å². The number of hydrogen-bond acceptors (Lipinski definition) is 3. The van der Waals surface area contributed by atoms with Gasteiger partial charge in [0.15, 0.2) is 0 Å². The zero-order valence-corrected chi connectivity index (χ0v) is 18.5. The molecule has 1 atom stereocenters. The topological polar surface area (TPSA) is 71.4 Å². The van der Waals surface area contributed by atoms with Gasteiger partial charge in [-0.2, -0.15) is 0 Å². The van der Waals surface area contributed by atoms with Crippen LogP contribution < -0.4 is 5.73 Å². The average Bonchev–Trinajstić information content (AvgIpc) is 3.40. The van der Waals surface area contributed by atoms with Gasteiger partial charge in [0, 0.05) is 30.2 Å². The Morgan fingerprint density at radius 3 is 2.94 bits per heavy atom. The number of aryl methyl sites for hydroxylation is 1. The summed E-state index contributed by atoms with van der Waals surface area (Å²) in [5.74, 6) is 0.0484. The standard InChI is InChI=1S/C26H32FN3O2/c27-24-10-9-20(17-32-18-26(28)31)13-21(24)6-2-1-5-19-11-12-30(15-19)16-22-14-29-25-8-4-3-7-23(22)25/h3-4,7-10,13-14,19,29H,1-2,5-6,11-12,15-18H2,(H2,28,31). The quantitative estimate of drug-likeness (QED) is 0.433. The fourth-order valence-electron chi connectivity index (χ4n) is 4.72. The first kappa shape index (κ1) is 22.5. The molecule has 5 nitrogen and oxygen atoms in total. The van der Waals surface area contributed by atoms with Crippen LogP contribution >= 0.6 is 0 Å². The predicted molar refractivity (Wildman–Crippen MR) is 124 cm³/mol. The van der Waals surface area contributed by atoms with Crippen LogP contribution in [-0.4, -0.2) is 35.5 Å². The van der Waals surface area contributed by atoms with Crippen molar-refractivity contribution in [1.29, 1.82) is 0 Å². The van der Waals surface area contributed by atoms with Crippen LogP contribution in [0.1, 0.15) is 42.4 Å². The number of hydrogen-bond donors (Lipinski definition) is 2. The molecule has 1 saturated heterocycles. The highest BCUT2D eigenvalue weighted by atomic mass is 19.1. The van der Waals surface area contributed by atoms with Gasteiger partial charge in [0.25, 0.3) is 0 Å². The molecular weight excluding hydrogens is 405 g/mol. The molecule has 1 fully saturated rings. The first-order chi connectivity index (χ1) is 15.6. The monoisotopic (exact) mass is 437 g/mol. The first-order valence-electron chi connectivity index (χ1n) is 11.5. The van der Waals surface area contributed by atoms with Crippen molar-refractivity contribution in [2.75, 3.05) is 19.7 Å². The van der Waals surface area contributed by atoms with Crippen molar-refractivity contribution in [2.24, 2.45) is 11.7 Å². The van der Waals surface area contributed by atoms with Crippen molar-refractivity contribution in [3.8, 4) is 0 Å². The number of fused-ring (bicyclic) bond motifs is 1. The maximum atomic E-state index is 14.2. The highest BCUT2D eigenvalue weighted by Gasteiger charge is 2.22. The molecule has 0 spiro atoms. The van der Waals surface area contributed by atoms with Crippen molar-refractivity contribution < 1.29 is 13.9 Å². The molecule has 2 aromatic carbocycles. The van der Waals surface area contributed by atoms with Gasteiger partial charge in [-0.05, 0) is 67.0 Å². The molecule has 4 rings (SSSR count). The number of amides is 1. The number of nitrogens with zero attached hydrogens (tertiary/aromatic N) is 1. The zero-order valence-electron chi connectivity index (χ0n) is 18.5. The van der Waals surface area contributed by atoms with E-state index in [0.717, 1.165) is 55.9 Å². The maximum Gasteiger partial charge on any atom is 0.243 e. The molecule has 6 heteroatoms. The number of benzene rings is 2. The van der Waals surface area contributed by atoms with E-state index in [1.54, 1.807) is 6.07 Å². The second kappa shape index (κ2) is 10.7. The van der Waals surface area contributed by atoms with Crippen LogP contribution in [-0.2, 0) is 29.1 Å². The van der Waals surface area contributed by atoms with E-state index in [1.165, 1.54) is 35.4 Å². The number of primary amides is 1. The molecule has 2 heterocycles.